The van der Waals surface area contributed by atoms with Gasteiger partial charge in [-0.25, -0.2) is 13.2 Å². The molecule has 8 nitrogen and oxygen atoms in total. The van der Waals surface area contributed by atoms with E-state index >= 15 is 0 Å². The predicted octanol–water partition coefficient (Wildman–Crippen LogP) is 0.910. The lowest BCUT2D eigenvalue weighted by Crippen LogP contribution is -2.53. The molecule has 0 saturated carbocycles. The van der Waals surface area contributed by atoms with Crippen LogP contribution in [0.2, 0.25) is 0 Å². The van der Waals surface area contributed by atoms with Crippen molar-refractivity contribution in [3.63, 3.8) is 0 Å². The molecular weight excluding hydrogens is 354 g/mol. The first kappa shape index (κ1) is 17.3. The quantitative estimate of drug-likeness (QED) is 0.841. The van der Waals surface area contributed by atoms with Crippen molar-refractivity contribution >= 4 is 32.5 Å². The molecule has 9 heteroatoms. The van der Waals surface area contributed by atoms with Crippen LogP contribution in [0.25, 0.3) is 10.9 Å². The van der Waals surface area contributed by atoms with E-state index in [1.165, 1.54) is 0 Å². The molecule has 0 spiro atoms. The van der Waals surface area contributed by atoms with E-state index in [-0.39, 0.29) is 23.6 Å². The van der Waals surface area contributed by atoms with Crippen LogP contribution < -0.4 is 5.32 Å². The summed E-state index contributed by atoms with van der Waals surface area (Å²) in [6, 6.07) is 5.72. The molecule has 2 aromatic rings. The summed E-state index contributed by atoms with van der Waals surface area (Å²) in [5, 5.41) is 8.19. The smallest absolute Gasteiger partial charge is 0.321 e. The summed E-state index contributed by atoms with van der Waals surface area (Å²) in [6.45, 7) is 2.65. The molecule has 1 aromatic carbocycles. The summed E-state index contributed by atoms with van der Waals surface area (Å²) in [5.41, 5.74) is 1.71. The molecule has 3 heterocycles. The van der Waals surface area contributed by atoms with Crippen molar-refractivity contribution in [2.75, 3.05) is 43.0 Å². The molecule has 0 radical (unpaired) electrons. The van der Waals surface area contributed by atoms with Crippen molar-refractivity contribution in [3.05, 3.63) is 24.4 Å². The van der Waals surface area contributed by atoms with Crippen LogP contribution in [-0.2, 0) is 16.9 Å². The number of hydrogen-bond acceptors (Lipinski definition) is 5. The first-order valence-corrected chi connectivity index (χ1v) is 10.7. The van der Waals surface area contributed by atoms with Crippen LogP contribution in [0, 0.1) is 0 Å². The summed E-state index contributed by atoms with van der Waals surface area (Å²) in [4.78, 5) is 16.5. The highest BCUT2D eigenvalue weighted by Gasteiger charge is 2.34. The molecule has 140 valence electrons. The van der Waals surface area contributed by atoms with E-state index in [4.69, 9.17) is 0 Å². The van der Waals surface area contributed by atoms with Gasteiger partial charge in [0.1, 0.15) is 0 Å². The molecule has 2 aliphatic heterocycles. The van der Waals surface area contributed by atoms with E-state index < -0.39 is 9.84 Å². The van der Waals surface area contributed by atoms with Crippen molar-refractivity contribution < 1.29 is 13.2 Å². The van der Waals surface area contributed by atoms with E-state index in [9.17, 15) is 13.2 Å². The number of sulfone groups is 1. The lowest BCUT2D eigenvalue weighted by molar-refractivity contribution is 0.121. The van der Waals surface area contributed by atoms with Crippen LogP contribution in [0.3, 0.4) is 0 Å². The maximum absolute atomic E-state index is 12.5. The van der Waals surface area contributed by atoms with Gasteiger partial charge in [0, 0.05) is 50.3 Å². The van der Waals surface area contributed by atoms with Gasteiger partial charge >= 0.3 is 6.03 Å². The number of aromatic nitrogens is 2. The number of hydrogen-bond donors (Lipinski definition) is 1. The Hall–Kier alpha value is -2.13. The first-order chi connectivity index (χ1) is 12.4. The number of urea groups is 1. The van der Waals surface area contributed by atoms with Crippen molar-refractivity contribution in [1.82, 2.24) is 19.6 Å². The number of aryl methyl sites for hydroxylation is 1. The van der Waals surface area contributed by atoms with Crippen LogP contribution in [0.5, 0.6) is 0 Å². The van der Waals surface area contributed by atoms with Gasteiger partial charge in [-0.2, -0.15) is 5.10 Å². The van der Waals surface area contributed by atoms with Crippen molar-refractivity contribution in [3.8, 4) is 0 Å². The molecule has 1 N–H and O–H groups in total. The minimum absolute atomic E-state index is 0.109. The highest BCUT2D eigenvalue weighted by molar-refractivity contribution is 7.91. The molecule has 0 bridgehead atoms. The summed E-state index contributed by atoms with van der Waals surface area (Å²) >= 11 is 0. The molecule has 0 unspecified atom stereocenters. The Morgan fingerprint density at radius 3 is 2.69 bits per heavy atom. The number of fused-ring (bicyclic) bond motifs is 1. The van der Waals surface area contributed by atoms with Gasteiger partial charge in [-0.15, -0.1) is 0 Å². The van der Waals surface area contributed by atoms with Gasteiger partial charge < -0.3 is 10.2 Å². The Bertz CT molecular complexity index is 931. The zero-order valence-corrected chi connectivity index (χ0v) is 15.6. The summed E-state index contributed by atoms with van der Waals surface area (Å²) in [6.07, 6.45) is 2.50. The minimum Gasteiger partial charge on any atom is -0.322 e. The molecule has 1 aromatic heterocycles. The fourth-order valence-electron chi connectivity index (χ4n) is 3.78. The maximum Gasteiger partial charge on any atom is 0.321 e. The number of nitrogens with one attached hydrogen (secondary N) is 1. The Kier molecular flexibility index (Phi) is 4.36. The van der Waals surface area contributed by atoms with Gasteiger partial charge in [0.25, 0.3) is 0 Å². The number of benzene rings is 1. The topological polar surface area (TPSA) is 87.5 Å². The fraction of sp³-hybridized carbons (Fsp3) is 0.529. The Morgan fingerprint density at radius 2 is 2.00 bits per heavy atom. The van der Waals surface area contributed by atoms with Gasteiger partial charge in [0.15, 0.2) is 9.84 Å². The Labute approximate surface area is 152 Å². The van der Waals surface area contributed by atoms with Crippen molar-refractivity contribution in [2.24, 2.45) is 7.05 Å². The average Bonchev–Trinajstić information content (AvgIpc) is 3.17. The minimum atomic E-state index is -2.87. The van der Waals surface area contributed by atoms with E-state index in [2.05, 4.69) is 15.3 Å². The number of rotatable bonds is 2. The summed E-state index contributed by atoms with van der Waals surface area (Å²) in [7, 11) is -1.00. The third-order valence-corrected chi connectivity index (χ3v) is 7.08. The molecule has 2 aliphatic rings. The second kappa shape index (κ2) is 6.55. The molecule has 2 amide bonds. The standard InChI is InChI=1S/C17H23N5O3S/c1-20-16-10-14(3-2-13(16)11-18-20)19-17(23)22-7-5-21(6-8-22)15-4-9-26(24,25)12-15/h2-3,10-11,15H,4-9,12H2,1H3,(H,19,23)/t15-/m1/s1. The Morgan fingerprint density at radius 1 is 1.23 bits per heavy atom. The number of carbonyl (C=O) groups excluding carboxylic acids is 1. The molecule has 0 aliphatic carbocycles. The lowest BCUT2D eigenvalue weighted by Gasteiger charge is -2.37. The Balaban J connectivity index is 1.35. The normalized spacial score (nSPS) is 23.4. The van der Waals surface area contributed by atoms with Crippen LogP contribution >= 0.6 is 0 Å². The summed E-state index contributed by atoms with van der Waals surface area (Å²) < 4.78 is 25.1. The largest absolute Gasteiger partial charge is 0.322 e. The van der Waals surface area contributed by atoms with Gasteiger partial charge in [0.05, 0.1) is 23.2 Å². The first-order valence-electron chi connectivity index (χ1n) is 8.83. The highest BCUT2D eigenvalue weighted by atomic mass is 32.2. The third kappa shape index (κ3) is 3.41. The number of piperazine rings is 1. The van der Waals surface area contributed by atoms with Crippen molar-refractivity contribution in [1.29, 1.82) is 0 Å². The van der Waals surface area contributed by atoms with Crippen LogP contribution in [0.4, 0.5) is 10.5 Å². The molecule has 2 saturated heterocycles. The van der Waals surface area contributed by atoms with Gasteiger partial charge in [-0.1, -0.05) is 0 Å². The van der Waals surface area contributed by atoms with Crippen LogP contribution in [0.1, 0.15) is 6.42 Å². The van der Waals surface area contributed by atoms with E-state index in [1.54, 1.807) is 15.8 Å². The average molecular weight is 377 g/mol. The van der Waals surface area contributed by atoms with Gasteiger partial charge in [-0.05, 0) is 24.6 Å². The summed E-state index contributed by atoms with van der Waals surface area (Å²) in [5.74, 6) is 0.540. The second-order valence-electron chi connectivity index (χ2n) is 7.05. The van der Waals surface area contributed by atoms with Crippen LogP contribution in [-0.4, -0.2) is 77.8 Å². The van der Waals surface area contributed by atoms with Crippen LogP contribution in [0.15, 0.2) is 24.4 Å². The third-order valence-electron chi connectivity index (χ3n) is 5.33. The fourth-order valence-corrected chi connectivity index (χ4v) is 5.54. The van der Waals surface area contributed by atoms with E-state index in [0.29, 0.717) is 32.6 Å². The number of anilines is 1. The zero-order valence-electron chi connectivity index (χ0n) is 14.8. The maximum atomic E-state index is 12.5. The molecular formula is C17H23N5O3S. The molecule has 26 heavy (non-hydrogen) atoms. The lowest BCUT2D eigenvalue weighted by atomic mass is 10.2. The highest BCUT2D eigenvalue weighted by Crippen LogP contribution is 2.21. The number of carbonyl (C=O) groups is 1. The number of nitrogens with zero attached hydrogens (tertiary/aromatic N) is 4. The molecule has 1 atom stereocenters. The predicted molar refractivity (Wildman–Crippen MR) is 99.9 cm³/mol. The second-order valence-corrected chi connectivity index (χ2v) is 9.28. The van der Waals surface area contributed by atoms with Gasteiger partial charge in [-0.3, -0.25) is 9.58 Å². The number of amides is 2. The van der Waals surface area contributed by atoms with E-state index in [1.807, 2.05) is 25.2 Å². The van der Waals surface area contributed by atoms with Crippen molar-refractivity contribution in [2.45, 2.75) is 12.5 Å². The molecule has 4 rings (SSSR count). The monoisotopic (exact) mass is 377 g/mol. The zero-order chi connectivity index (χ0) is 18.3. The van der Waals surface area contributed by atoms with Gasteiger partial charge in [0.2, 0.25) is 0 Å². The SMILES string of the molecule is Cn1ncc2ccc(NC(=O)N3CCN([C@@H]4CCS(=O)(=O)C4)CC3)cc21. The van der Waals surface area contributed by atoms with E-state index in [0.717, 1.165) is 16.6 Å². The molecule has 2 fully saturated rings.